The third kappa shape index (κ3) is 1.20. The predicted octanol–water partition coefficient (Wildman–Crippen LogP) is 1.98. The van der Waals surface area contributed by atoms with Gasteiger partial charge in [-0.15, -0.1) is 0 Å². The topological polar surface area (TPSA) is 48.9 Å². The number of rotatable bonds is 2. The number of H-pyrrole nitrogens is 1. The van der Waals surface area contributed by atoms with Crippen molar-refractivity contribution in [2.45, 2.75) is 24.7 Å². The molecule has 15 heavy (non-hydrogen) atoms. The van der Waals surface area contributed by atoms with Gasteiger partial charge in [0.1, 0.15) is 0 Å². The van der Waals surface area contributed by atoms with Gasteiger partial charge in [-0.1, -0.05) is 12.5 Å². The molecule has 78 valence electrons. The molecule has 0 bridgehead atoms. The number of nitrogens with zero attached hydrogens (tertiary/aromatic N) is 1. The lowest BCUT2D eigenvalue weighted by Gasteiger charge is -2.40. The highest BCUT2D eigenvalue weighted by atomic mass is 16.3. The zero-order valence-electron chi connectivity index (χ0n) is 8.53. The average molecular weight is 202 g/mol. The van der Waals surface area contributed by atoms with Gasteiger partial charge >= 0.3 is 0 Å². The van der Waals surface area contributed by atoms with Crippen LogP contribution in [-0.4, -0.2) is 21.7 Å². The number of aromatic amines is 1. The first-order valence-electron chi connectivity index (χ1n) is 5.39. The van der Waals surface area contributed by atoms with E-state index in [1.165, 1.54) is 12.0 Å². The molecule has 1 aromatic carbocycles. The van der Waals surface area contributed by atoms with Crippen LogP contribution in [0.2, 0.25) is 0 Å². The fourth-order valence-electron chi connectivity index (χ4n) is 2.41. The predicted molar refractivity (Wildman–Crippen MR) is 58.7 cm³/mol. The van der Waals surface area contributed by atoms with E-state index in [9.17, 15) is 5.11 Å². The number of hydrogen-bond acceptors (Lipinski definition) is 2. The van der Waals surface area contributed by atoms with Crippen LogP contribution in [0, 0.1) is 0 Å². The van der Waals surface area contributed by atoms with Gasteiger partial charge in [0.15, 0.2) is 0 Å². The Labute approximate surface area is 88.2 Å². The molecule has 0 atom stereocenters. The van der Waals surface area contributed by atoms with Crippen LogP contribution < -0.4 is 0 Å². The molecule has 0 aliphatic heterocycles. The van der Waals surface area contributed by atoms with E-state index >= 15 is 0 Å². The number of nitrogens with one attached hydrogen (secondary N) is 1. The van der Waals surface area contributed by atoms with Gasteiger partial charge in [0, 0.05) is 5.41 Å². The van der Waals surface area contributed by atoms with Crippen LogP contribution in [-0.2, 0) is 5.41 Å². The molecule has 0 unspecified atom stereocenters. The van der Waals surface area contributed by atoms with Gasteiger partial charge < -0.3 is 10.1 Å². The first kappa shape index (κ1) is 8.92. The van der Waals surface area contributed by atoms with Crippen LogP contribution in [0.3, 0.4) is 0 Å². The Balaban J connectivity index is 2.10. The van der Waals surface area contributed by atoms with Gasteiger partial charge in [-0.25, -0.2) is 4.98 Å². The minimum absolute atomic E-state index is 0.0271. The van der Waals surface area contributed by atoms with Gasteiger partial charge in [0.2, 0.25) is 0 Å². The van der Waals surface area contributed by atoms with Crippen LogP contribution in [0.4, 0.5) is 0 Å². The first-order chi connectivity index (χ1) is 7.34. The second kappa shape index (κ2) is 3.07. The summed E-state index contributed by atoms with van der Waals surface area (Å²) in [5.74, 6) is 0. The molecule has 0 radical (unpaired) electrons. The van der Waals surface area contributed by atoms with E-state index < -0.39 is 0 Å². The molecular weight excluding hydrogens is 188 g/mol. The van der Waals surface area contributed by atoms with Crippen LogP contribution in [0.25, 0.3) is 11.0 Å². The highest BCUT2D eigenvalue weighted by molar-refractivity contribution is 5.75. The summed E-state index contributed by atoms with van der Waals surface area (Å²) in [7, 11) is 0. The molecule has 0 amide bonds. The second-order valence-corrected chi connectivity index (χ2v) is 4.43. The van der Waals surface area contributed by atoms with E-state index in [1.54, 1.807) is 6.33 Å². The maximum atomic E-state index is 9.49. The Bertz CT molecular complexity index is 480. The minimum atomic E-state index is 0.0271. The molecule has 2 N–H and O–H groups in total. The molecule has 3 nitrogen and oxygen atoms in total. The number of aliphatic hydroxyl groups excluding tert-OH is 1. The van der Waals surface area contributed by atoms with Crippen molar-refractivity contribution in [2.24, 2.45) is 0 Å². The van der Waals surface area contributed by atoms with E-state index in [0.29, 0.717) is 0 Å². The number of imidazole rings is 1. The zero-order valence-corrected chi connectivity index (χ0v) is 8.53. The fraction of sp³-hybridized carbons (Fsp3) is 0.417. The lowest BCUT2D eigenvalue weighted by atomic mass is 9.65. The fourth-order valence-corrected chi connectivity index (χ4v) is 2.41. The normalized spacial score (nSPS) is 19.0. The van der Waals surface area contributed by atoms with E-state index in [-0.39, 0.29) is 12.0 Å². The summed E-state index contributed by atoms with van der Waals surface area (Å²) in [5.41, 5.74) is 3.32. The van der Waals surface area contributed by atoms with Crippen molar-refractivity contribution in [3.8, 4) is 0 Å². The number of aromatic nitrogens is 2. The third-order valence-electron chi connectivity index (χ3n) is 3.65. The van der Waals surface area contributed by atoms with E-state index in [2.05, 4.69) is 22.1 Å². The number of fused-ring (bicyclic) bond motifs is 1. The summed E-state index contributed by atoms with van der Waals surface area (Å²) in [6, 6.07) is 6.24. The molecule has 1 aliphatic rings. The van der Waals surface area contributed by atoms with Gasteiger partial charge in [-0.3, -0.25) is 0 Å². The third-order valence-corrected chi connectivity index (χ3v) is 3.65. The van der Waals surface area contributed by atoms with Crippen molar-refractivity contribution in [3.05, 3.63) is 30.1 Å². The highest BCUT2D eigenvalue weighted by Crippen LogP contribution is 2.43. The van der Waals surface area contributed by atoms with Crippen molar-refractivity contribution in [3.63, 3.8) is 0 Å². The molecule has 1 aliphatic carbocycles. The van der Waals surface area contributed by atoms with E-state index in [1.807, 2.05) is 6.07 Å². The summed E-state index contributed by atoms with van der Waals surface area (Å²) < 4.78 is 0. The number of benzene rings is 1. The first-order valence-corrected chi connectivity index (χ1v) is 5.39. The van der Waals surface area contributed by atoms with Gasteiger partial charge in [-0.05, 0) is 30.5 Å². The summed E-state index contributed by atoms with van der Waals surface area (Å²) in [6.45, 7) is 0.257. The molecular formula is C12H14N2O. The molecule has 3 rings (SSSR count). The Morgan fingerprint density at radius 2 is 2.27 bits per heavy atom. The second-order valence-electron chi connectivity index (χ2n) is 4.43. The number of aliphatic hydroxyl groups is 1. The monoisotopic (exact) mass is 202 g/mol. The Morgan fingerprint density at radius 1 is 1.40 bits per heavy atom. The van der Waals surface area contributed by atoms with E-state index in [0.717, 1.165) is 23.9 Å². The van der Waals surface area contributed by atoms with Crippen LogP contribution in [0.15, 0.2) is 24.5 Å². The van der Waals surface area contributed by atoms with Crippen molar-refractivity contribution < 1.29 is 5.11 Å². The maximum absolute atomic E-state index is 9.49. The summed E-state index contributed by atoms with van der Waals surface area (Å²) in [6.07, 6.45) is 5.13. The van der Waals surface area contributed by atoms with Crippen molar-refractivity contribution in [2.75, 3.05) is 6.61 Å². The molecule has 0 spiro atoms. The molecule has 2 aromatic rings. The van der Waals surface area contributed by atoms with Crippen LogP contribution in [0.5, 0.6) is 0 Å². The van der Waals surface area contributed by atoms with E-state index in [4.69, 9.17) is 0 Å². The van der Waals surface area contributed by atoms with Crippen LogP contribution >= 0.6 is 0 Å². The van der Waals surface area contributed by atoms with Crippen molar-refractivity contribution in [1.29, 1.82) is 0 Å². The summed E-state index contributed by atoms with van der Waals surface area (Å²) >= 11 is 0. The Hall–Kier alpha value is -1.35. The van der Waals surface area contributed by atoms with Gasteiger partial charge in [0.05, 0.1) is 24.0 Å². The smallest absolute Gasteiger partial charge is 0.0931 e. The highest BCUT2D eigenvalue weighted by Gasteiger charge is 2.38. The molecule has 1 saturated carbocycles. The Kier molecular flexibility index (Phi) is 1.83. The zero-order chi connectivity index (χ0) is 10.3. The SMILES string of the molecule is OCC1(c2ccc3nc[nH]c3c2)CCC1. The lowest BCUT2D eigenvalue weighted by Crippen LogP contribution is -2.37. The molecule has 1 fully saturated rings. The van der Waals surface area contributed by atoms with Crippen molar-refractivity contribution in [1.82, 2.24) is 9.97 Å². The molecule has 0 saturated heterocycles. The lowest BCUT2D eigenvalue weighted by molar-refractivity contribution is 0.120. The quantitative estimate of drug-likeness (QED) is 0.782. The summed E-state index contributed by atoms with van der Waals surface area (Å²) in [4.78, 5) is 7.31. The van der Waals surface area contributed by atoms with Gasteiger partial charge in [-0.2, -0.15) is 0 Å². The largest absolute Gasteiger partial charge is 0.395 e. The Morgan fingerprint density at radius 3 is 2.93 bits per heavy atom. The number of hydrogen-bond donors (Lipinski definition) is 2. The average Bonchev–Trinajstić information content (AvgIpc) is 2.64. The minimum Gasteiger partial charge on any atom is -0.395 e. The molecule has 3 heteroatoms. The van der Waals surface area contributed by atoms with Crippen LogP contribution in [0.1, 0.15) is 24.8 Å². The maximum Gasteiger partial charge on any atom is 0.0931 e. The van der Waals surface area contributed by atoms with Gasteiger partial charge in [0.25, 0.3) is 0 Å². The van der Waals surface area contributed by atoms with Crippen molar-refractivity contribution >= 4 is 11.0 Å². The molecule has 1 heterocycles. The standard InChI is InChI=1S/C12H14N2O/c15-7-12(4-1-5-12)9-2-3-10-11(6-9)14-8-13-10/h2-3,6,8,15H,1,4-5,7H2,(H,13,14). The molecule has 1 aromatic heterocycles. The summed E-state index contributed by atoms with van der Waals surface area (Å²) in [5, 5.41) is 9.49.